The Morgan fingerprint density at radius 3 is 2.80 bits per heavy atom. The number of carbonyl (C=O) groups is 1. The number of rotatable bonds is 3. The molecule has 0 saturated carbocycles. The summed E-state index contributed by atoms with van der Waals surface area (Å²) in [6.07, 6.45) is 7.00. The molecule has 1 saturated heterocycles. The van der Waals surface area contributed by atoms with E-state index in [0.717, 1.165) is 36.8 Å². The maximum absolute atomic E-state index is 11.1. The Labute approximate surface area is 119 Å². The van der Waals surface area contributed by atoms with Gasteiger partial charge in [0.2, 0.25) is 0 Å². The standard InChI is InChI=1S/C15H23N3O2/c1-17-5-2-11(3-6-17)8-13-10-18-7-4-12(15(19)20)9-14(18)16-13/h10-12H,2-9H2,1H3,(H,19,20). The Hall–Kier alpha value is -1.36. The second-order valence-electron chi connectivity index (χ2n) is 6.32. The zero-order chi connectivity index (χ0) is 14.1. The number of carboxylic acids is 1. The Morgan fingerprint density at radius 1 is 1.35 bits per heavy atom. The van der Waals surface area contributed by atoms with Gasteiger partial charge in [0, 0.05) is 19.2 Å². The molecular formula is C15H23N3O2. The topological polar surface area (TPSA) is 58.4 Å². The highest BCUT2D eigenvalue weighted by molar-refractivity contribution is 5.70. The zero-order valence-electron chi connectivity index (χ0n) is 12.1. The summed E-state index contributed by atoms with van der Waals surface area (Å²) >= 11 is 0. The number of hydrogen-bond acceptors (Lipinski definition) is 3. The lowest BCUT2D eigenvalue weighted by Gasteiger charge is -2.28. The number of imidazole rings is 1. The Kier molecular flexibility index (Phi) is 3.78. The van der Waals surface area contributed by atoms with E-state index in [1.54, 1.807) is 0 Å². The number of carboxylic acid groups (broad SMARTS) is 1. The number of aromatic nitrogens is 2. The van der Waals surface area contributed by atoms with Crippen LogP contribution in [-0.4, -0.2) is 45.7 Å². The molecule has 0 aromatic carbocycles. The molecule has 1 fully saturated rings. The summed E-state index contributed by atoms with van der Waals surface area (Å²) in [5, 5.41) is 9.11. The molecule has 1 aromatic heterocycles. The predicted octanol–water partition coefficient (Wildman–Crippen LogP) is 1.41. The fourth-order valence-electron chi connectivity index (χ4n) is 3.36. The first kappa shape index (κ1) is 13.6. The number of fused-ring (bicyclic) bond motifs is 1. The van der Waals surface area contributed by atoms with Gasteiger partial charge in [0.25, 0.3) is 0 Å². The van der Waals surface area contributed by atoms with E-state index >= 15 is 0 Å². The lowest BCUT2D eigenvalue weighted by atomic mass is 9.93. The minimum absolute atomic E-state index is 0.249. The van der Waals surface area contributed by atoms with Gasteiger partial charge in [0.05, 0.1) is 11.6 Å². The van der Waals surface area contributed by atoms with Crippen LogP contribution in [0.3, 0.4) is 0 Å². The van der Waals surface area contributed by atoms with Gasteiger partial charge < -0.3 is 14.6 Å². The van der Waals surface area contributed by atoms with Crippen molar-refractivity contribution in [2.75, 3.05) is 20.1 Å². The van der Waals surface area contributed by atoms with E-state index in [1.165, 1.54) is 25.9 Å². The largest absolute Gasteiger partial charge is 0.481 e. The number of nitrogens with zero attached hydrogens (tertiary/aromatic N) is 3. The van der Waals surface area contributed by atoms with Crippen molar-refractivity contribution in [3.8, 4) is 0 Å². The molecule has 3 rings (SSSR count). The predicted molar refractivity (Wildman–Crippen MR) is 75.6 cm³/mol. The quantitative estimate of drug-likeness (QED) is 0.907. The molecule has 110 valence electrons. The van der Waals surface area contributed by atoms with Crippen molar-refractivity contribution in [3.05, 3.63) is 17.7 Å². The van der Waals surface area contributed by atoms with Crippen LogP contribution in [0.5, 0.6) is 0 Å². The second kappa shape index (κ2) is 5.56. The van der Waals surface area contributed by atoms with Crippen LogP contribution in [0.1, 0.15) is 30.8 Å². The van der Waals surface area contributed by atoms with Crippen LogP contribution < -0.4 is 0 Å². The van der Waals surface area contributed by atoms with Crippen molar-refractivity contribution >= 4 is 5.97 Å². The van der Waals surface area contributed by atoms with Crippen molar-refractivity contribution in [3.63, 3.8) is 0 Å². The molecule has 1 atom stereocenters. The summed E-state index contributed by atoms with van der Waals surface area (Å²) in [7, 11) is 2.18. The fraction of sp³-hybridized carbons (Fsp3) is 0.733. The van der Waals surface area contributed by atoms with E-state index in [0.29, 0.717) is 6.42 Å². The van der Waals surface area contributed by atoms with Crippen LogP contribution in [0.15, 0.2) is 6.20 Å². The highest BCUT2D eigenvalue weighted by Gasteiger charge is 2.26. The third-order valence-electron chi connectivity index (χ3n) is 4.74. The molecule has 20 heavy (non-hydrogen) atoms. The Bertz CT molecular complexity index is 489. The van der Waals surface area contributed by atoms with Gasteiger partial charge in [-0.15, -0.1) is 0 Å². The average molecular weight is 277 g/mol. The number of hydrogen-bond donors (Lipinski definition) is 1. The Balaban J connectivity index is 1.63. The number of aryl methyl sites for hydroxylation is 1. The molecule has 0 amide bonds. The molecule has 0 bridgehead atoms. The van der Waals surface area contributed by atoms with Gasteiger partial charge in [0.1, 0.15) is 5.82 Å². The van der Waals surface area contributed by atoms with Crippen molar-refractivity contribution in [2.45, 2.75) is 38.6 Å². The molecule has 0 radical (unpaired) electrons. The van der Waals surface area contributed by atoms with E-state index < -0.39 is 5.97 Å². The summed E-state index contributed by atoms with van der Waals surface area (Å²) in [6.45, 7) is 3.16. The van der Waals surface area contributed by atoms with E-state index in [9.17, 15) is 4.79 Å². The molecule has 1 aromatic rings. The first-order chi connectivity index (χ1) is 9.61. The molecule has 1 unspecified atom stereocenters. The minimum Gasteiger partial charge on any atom is -0.481 e. The SMILES string of the molecule is CN1CCC(Cc2cn3c(n2)CC(C(=O)O)CC3)CC1. The highest BCUT2D eigenvalue weighted by Crippen LogP contribution is 2.24. The maximum atomic E-state index is 11.1. The molecule has 0 aliphatic carbocycles. The summed E-state index contributed by atoms with van der Waals surface area (Å²) < 4.78 is 2.16. The zero-order valence-corrected chi connectivity index (χ0v) is 12.1. The monoisotopic (exact) mass is 277 g/mol. The smallest absolute Gasteiger partial charge is 0.307 e. The van der Waals surface area contributed by atoms with Crippen LogP contribution in [0.25, 0.3) is 0 Å². The lowest BCUT2D eigenvalue weighted by molar-refractivity contribution is -0.142. The summed E-state index contributed by atoms with van der Waals surface area (Å²) in [4.78, 5) is 18.1. The lowest BCUT2D eigenvalue weighted by Crippen LogP contribution is -2.31. The minimum atomic E-state index is -0.684. The van der Waals surface area contributed by atoms with E-state index in [4.69, 9.17) is 5.11 Å². The molecule has 2 aliphatic heterocycles. The normalized spacial score (nSPS) is 24.6. The third-order valence-corrected chi connectivity index (χ3v) is 4.74. The maximum Gasteiger partial charge on any atom is 0.307 e. The van der Waals surface area contributed by atoms with Gasteiger partial charge in [-0.3, -0.25) is 4.79 Å². The van der Waals surface area contributed by atoms with Crippen molar-refractivity contribution in [2.24, 2.45) is 11.8 Å². The first-order valence-electron chi connectivity index (χ1n) is 7.58. The highest BCUT2D eigenvalue weighted by atomic mass is 16.4. The molecular weight excluding hydrogens is 254 g/mol. The van der Waals surface area contributed by atoms with Crippen LogP contribution in [0, 0.1) is 11.8 Å². The average Bonchev–Trinajstić information content (AvgIpc) is 2.82. The number of aliphatic carboxylic acids is 1. The first-order valence-corrected chi connectivity index (χ1v) is 7.58. The van der Waals surface area contributed by atoms with Crippen LogP contribution >= 0.6 is 0 Å². The number of likely N-dealkylation sites (tertiary alicyclic amines) is 1. The molecule has 1 N–H and O–H groups in total. The number of piperidine rings is 1. The van der Waals surface area contributed by atoms with Gasteiger partial charge in [-0.2, -0.15) is 0 Å². The van der Waals surface area contributed by atoms with Gasteiger partial charge in [-0.1, -0.05) is 0 Å². The van der Waals surface area contributed by atoms with Gasteiger partial charge >= 0.3 is 5.97 Å². The third kappa shape index (κ3) is 2.87. The summed E-state index contributed by atoms with van der Waals surface area (Å²) in [5.41, 5.74) is 1.15. The van der Waals surface area contributed by atoms with Gasteiger partial charge in [-0.05, 0) is 51.7 Å². The van der Waals surface area contributed by atoms with Gasteiger partial charge in [-0.25, -0.2) is 4.98 Å². The molecule has 0 spiro atoms. The summed E-state index contributed by atoms with van der Waals surface area (Å²) in [5.74, 6) is 0.766. The van der Waals surface area contributed by atoms with Crippen LogP contribution in [0.2, 0.25) is 0 Å². The van der Waals surface area contributed by atoms with E-state index in [-0.39, 0.29) is 5.92 Å². The van der Waals surface area contributed by atoms with E-state index in [2.05, 4.69) is 27.7 Å². The summed E-state index contributed by atoms with van der Waals surface area (Å²) in [6, 6.07) is 0. The molecule has 2 aliphatic rings. The Morgan fingerprint density at radius 2 is 2.10 bits per heavy atom. The fourth-order valence-corrected chi connectivity index (χ4v) is 3.36. The van der Waals surface area contributed by atoms with Gasteiger partial charge in [0.15, 0.2) is 0 Å². The van der Waals surface area contributed by atoms with Crippen molar-refractivity contribution in [1.29, 1.82) is 0 Å². The van der Waals surface area contributed by atoms with Crippen molar-refractivity contribution < 1.29 is 9.90 Å². The van der Waals surface area contributed by atoms with Crippen LogP contribution in [0.4, 0.5) is 0 Å². The molecule has 5 heteroatoms. The molecule has 5 nitrogen and oxygen atoms in total. The second-order valence-corrected chi connectivity index (χ2v) is 6.32. The van der Waals surface area contributed by atoms with E-state index in [1.807, 2.05) is 0 Å². The van der Waals surface area contributed by atoms with Crippen molar-refractivity contribution in [1.82, 2.24) is 14.5 Å². The van der Waals surface area contributed by atoms with Crippen LogP contribution in [-0.2, 0) is 24.2 Å². The molecule has 3 heterocycles.